The number of nitrogens with zero attached hydrogens (tertiary/aromatic N) is 1. The zero-order valence-electron chi connectivity index (χ0n) is 6.44. The smallest absolute Gasteiger partial charge is 0.291 e. The first-order valence-electron chi connectivity index (χ1n) is 3.31. The highest BCUT2D eigenvalue weighted by atomic mass is 16.6. The van der Waals surface area contributed by atoms with Crippen LogP contribution in [0.2, 0.25) is 0 Å². The van der Waals surface area contributed by atoms with Gasteiger partial charge in [0.15, 0.2) is 0 Å². The molecular formula is C7H8N2O3. The van der Waals surface area contributed by atoms with Crippen molar-refractivity contribution in [2.75, 3.05) is 5.48 Å². The molecule has 5 nitrogen and oxygen atoms in total. The van der Waals surface area contributed by atoms with Crippen molar-refractivity contribution < 1.29 is 10.1 Å². The van der Waals surface area contributed by atoms with Gasteiger partial charge >= 0.3 is 0 Å². The molecule has 0 saturated carbocycles. The van der Waals surface area contributed by atoms with E-state index < -0.39 is 4.92 Å². The Kier molecular flexibility index (Phi) is 2.25. The van der Waals surface area contributed by atoms with Gasteiger partial charge < -0.3 is 0 Å². The maximum absolute atomic E-state index is 10.5. The fourth-order valence-electron chi connectivity index (χ4n) is 0.992. The van der Waals surface area contributed by atoms with Gasteiger partial charge in [-0.15, -0.1) is 0 Å². The largest absolute Gasteiger partial charge is 0.297 e. The second-order valence-electron chi connectivity index (χ2n) is 2.34. The number of hydrogen-bond donors (Lipinski definition) is 2. The van der Waals surface area contributed by atoms with E-state index in [0.717, 1.165) is 0 Å². The molecule has 12 heavy (non-hydrogen) atoms. The standard InChI is InChI=1S/C7H8N2O3/c1-5-3-2-4-6(8-10)7(5)9(11)12/h2-4,8,10H,1H3. The topological polar surface area (TPSA) is 75.4 Å². The van der Waals surface area contributed by atoms with E-state index in [2.05, 4.69) is 0 Å². The van der Waals surface area contributed by atoms with Gasteiger partial charge in [0.05, 0.1) is 4.92 Å². The summed E-state index contributed by atoms with van der Waals surface area (Å²) in [5.74, 6) is 0. The van der Waals surface area contributed by atoms with Gasteiger partial charge in [-0.05, 0) is 13.0 Å². The van der Waals surface area contributed by atoms with Crippen molar-refractivity contribution in [1.29, 1.82) is 0 Å². The lowest BCUT2D eigenvalue weighted by molar-refractivity contribution is -0.384. The third kappa shape index (κ3) is 1.35. The molecule has 1 aromatic carbocycles. The number of benzene rings is 1. The number of hydrogen-bond acceptors (Lipinski definition) is 4. The summed E-state index contributed by atoms with van der Waals surface area (Å²) in [6.45, 7) is 1.61. The highest BCUT2D eigenvalue weighted by Gasteiger charge is 2.15. The van der Waals surface area contributed by atoms with E-state index in [1.807, 2.05) is 0 Å². The maximum atomic E-state index is 10.5. The van der Waals surface area contributed by atoms with Gasteiger partial charge in [0.1, 0.15) is 5.69 Å². The highest BCUT2D eigenvalue weighted by molar-refractivity contribution is 5.63. The van der Waals surface area contributed by atoms with Crippen molar-refractivity contribution in [2.45, 2.75) is 6.92 Å². The van der Waals surface area contributed by atoms with E-state index in [4.69, 9.17) is 5.21 Å². The molecule has 1 rings (SSSR count). The molecule has 5 heteroatoms. The van der Waals surface area contributed by atoms with Gasteiger partial charge in [-0.25, -0.2) is 0 Å². The predicted octanol–water partition coefficient (Wildman–Crippen LogP) is 1.70. The SMILES string of the molecule is Cc1cccc(NO)c1[N+](=O)[O-]. The van der Waals surface area contributed by atoms with Crippen LogP contribution < -0.4 is 5.48 Å². The lowest BCUT2D eigenvalue weighted by Gasteiger charge is -2.01. The average Bonchev–Trinajstić information content (AvgIpc) is 2.03. The Morgan fingerprint density at radius 2 is 2.25 bits per heavy atom. The van der Waals surface area contributed by atoms with Crippen LogP contribution in [0.4, 0.5) is 11.4 Å². The predicted molar refractivity (Wildman–Crippen MR) is 43.2 cm³/mol. The molecule has 0 saturated heterocycles. The van der Waals surface area contributed by atoms with Crippen molar-refractivity contribution in [2.24, 2.45) is 0 Å². The zero-order valence-corrected chi connectivity index (χ0v) is 6.44. The first-order chi connectivity index (χ1) is 5.66. The van der Waals surface area contributed by atoms with Crippen LogP contribution in [0, 0.1) is 17.0 Å². The third-order valence-electron chi connectivity index (χ3n) is 1.54. The van der Waals surface area contributed by atoms with E-state index in [1.54, 1.807) is 24.5 Å². The Balaban J connectivity index is 3.29. The molecule has 0 aliphatic heterocycles. The summed E-state index contributed by atoms with van der Waals surface area (Å²) in [6.07, 6.45) is 0. The average molecular weight is 168 g/mol. The van der Waals surface area contributed by atoms with Gasteiger partial charge in [0.25, 0.3) is 5.69 Å². The first kappa shape index (κ1) is 8.48. The Bertz CT molecular complexity index is 312. The van der Waals surface area contributed by atoms with E-state index in [0.29, 0.717) is 5.56 Å². The molecule has 0 atom stereocenters. The molecule has 2 N–H and O–H groups in total. The number of para-hydroxylation sites is 1. The normalized spacial score (nSPS) is 9.50. The molecule has 0 fully saturated rings. The third-order valence-corrected chi connectivity index (χ3v) is 1.54. The van der Waals surface area contributed by atoms with E-state index in [-0.39, 0.29) is 11.4 Å². The fraction of sp³-hybridized carbons (Fsp3) is 0.143. The Labute approximate surface area is 68.7 Å². The molecule has 0 unspecified atom stereocenters. The number of aryl methyl sites for hydroxylation is 1. The highest BCUT2D eigenvalue weighted by Crippen LogP contribution is 2.26. The van der Waals surface area contributed by atoms with E-state index >= 15 is 0 Å². The lowest BCUT2D eigenvalue weighted by Crippen LogP contribution is -1.98. The number of anilines is 1. The Morgan fingerprint density at radius 1 is 1.58 bits per heavy atom. The molecule has 0 heterocycles. The lowest BCUT2D eigenvalue weighted by atomic mass is 10.2. The summed E-state index contributed by atoms with van der Waals surface area (Å²) in [5, 5.41) is 19.0. The fourth-order valence-corrected chi connectivity index (χ4v) is 0.992. The monoisotopic (exact) mass is 168 g/mol. The molecule has 0 aliphatic rings. The molecule has 0 spiro atoms. The van der Waals surface area contributed by atoms with Crippen LogP contribution in [-0.2, 0) is 0 Å². The van der Waals surface area contributed by atoms with Crippen LogP contribution in [0.5, 0.6) is 0 Å². The van der Waals surface area contributed by atoms with E-state index in [1.165, 1.54) is 6.07 Å². The minimum absolute atomic E-state index is 0.0972. The first-order valence-corrected chi connectivity index (χ1v) is 3.31. The zero-order chi connectivity index (χ0) is 9.14. The quantitative estimate of drug-likeness (QED) is 0.520. The molecule has 0 bridgehead atoms. The van der Waals surface area contributed by atoms with Crippen molar-refractivity contribution in [3.63, 3.8) is 0 Å². The summed E-state index contributed by atoms with van der Waals surface area (Å²) in [6, 6.07) is 4.67. The maximum Gasteiger partial charge on any atom is 0.297 e. The summed E-state index contributed by atoms with van der Waals surface area (Å²) in [4.78, 5) is 9.92. The molecule has 64 valence electrons. The summed E-state index contributed by atoms with van der Waals surface area (Å²) in [5.41, 5.74) is 2.30. The summed E-state index contributed by atoms with van der Waals surface area (Å²) < 4.78 is 0. The van der Waals surface area contributed by atoms with Crippen molar-refractivity contribution in [1.82, 2.24) is 0 Å². The van der Waals surface area contributed by atoms with Crippen LogP contribution in [0.3, 0.4) is 0 Å². The Morgan fingerprint density at radius 3 is 2.67 bits per heavy atom. The van der Waals surface area contributed by atoms with Crippen LogP contribution in [0.1, 0.15) is 5.56 Å². The van der Waals surface area contributed by atoms with Crippen LogP contribution in [-0.4, -0.2) is 10.1 Å². The van der Waals surface area contributed by atoms with E-state index in [9.17, 15) is 10.1 Å². The number of nitro groups is 1. The summed E-state index contributed by atoms with van der Waals surface area (Å²) >= 11 is 0. The number of rotatable bonds is 2. The van der Waals surface area contributed by atoms with Crippen molar-refractivity contribution in [3.8, 4) is 0 Å². The molecular weight excluding hydrogens is 160 g/mol. The van der Waals surface area contributed by atoms with Gasteiger partial charge in [0.2, 0.25) is 0 Å². The van der Waals surface area contributed by atoms with Gasteiger partial charge in [-0.1, -0.05) is 12.1 Å². The van der Waals surface area contributed by atoms with Crippen LogP contribution in [0.15, 0.2) is 18.2 Å². The van der Waals surface area contributed by atoms with Crippen molar-refractivity contribution >= 4 is 11.4 Å². The molecule has 1 aromatic rings. The molecule has 0 radical (unpaired) electrons. The number of nitro benzene ring substituents is 1. The van der Waals surface area contributed by atoms with Gasteiger partial charge in [-0.2, -0.15) is 0 Å². The summed E-state index contributed by atoms with van der Waals surface area (Å²) in [7, 11) is 0. The molecule has 0 aromatic heterocycles. The second kappa shape index (κ2) is 3.19. The van der Waals surface area contributed by atoms with Crippen LogP contribution >= 0.6 is 0 Å². The van der Waals surface area contributed by atoms with Crippen LogP contribution in [0.25, 0.3) is 0 Å². The second-order valence-corrected chi connectivity index (χ2v) is 2.34. The minimum Gasteiger partial charge on any atom is -0.291 e. The molecule has 0 aliphatic carbocycles. The van der Waals surface area contributed by atoms with Gasteiger partial charge in [0, 0.05) is 5.56 Å². The molecule has 0 amide bonds. The number of nitrogens with one attached hydrogen (secondary N) is 1. The van der Waals surface area contributed by atoms with Gasteiger partial charge in [-0.3, -0.25) is 20.8 Å². The minimum atomic E-state index is -0.534. The Hall–Kier alpha value is -1.62. The van der Waals surface area contributed by atoms with Crippen molar-refractivity contribution in [3.05, 3.63) is 33.9 Å².